The molecule has 7 heterocycles. The van der Waals surface area contributed by atoms with E-state index in [1.807, 2.05) is 0 Å². The molecular formula is C83H51BN8. The maximum absolute atomic E-state index is 5.52. The standard InChI is InChI=1S/C83H51BN8/c1-3-23-51(24-4-1)80-60-31-9-17-37-68(60)85-82(87-80)91-73-42-22-14-34-63(73)79-75(91)44-43-74-78(79)62-33-13-21-41-72(62)89(74)56-46-55(84-66-35-15-7-27-53(66)45-54-28-8-16-36-67(54)84)47-57(48-56)90-70-39-19-11-29-58(70)64-49-65-59-30-12-20-40-71(59)92(77(65)50-76(64)90)83-86-69-38-18-10-32-61(69)81(88-83)52-25-5-2-6-26-52/h1-44,46-50H,45H2. The topological polar surface area (TPSA) is 71.3 Å². The Morgan fingerprint density at radius 3 is 1.17 bits per heavy atom. The lowest BCUT2D eigenvalue weighted by Gasteiger charge is -2.28. The molecular weight excluding hydrogens is 1120 g/mol. The summed E-state index contributed by atoms with van der Waals surface area (Å²) in [4.78, 5) is 21.8. The van der Waals surface area contributed by atoms with Gasteiger partial charge in [0, 0.05) is 76.4 Å². The van der Waals surface area contributed by atoms with Crippen LogP contribution in [0.1, 0.15) is 11.1 Å². The van der Waals surface area contributed by atoms with Crippen LogP contribution in [0.15, 0.2) is 297 Å². The highest BCUT2D eigenvalue weighted by molar-refractivity contribution is 6.96. The summed E-state index contributed by atoms with van der Waals surface area (Å²) < 4.78 is 9.60. The Balaban J connectivity index is 0.877. The lowest BCUT2D eigenvalue weighted by atomic mass is 9.33. The van der Waals surface area contributed by atoms with Crippen LogP contribution >= 0.6 is 0 Å². The highest BCUT2D eigenvalue weighted by atomic mass is 15.2. The van der Waals surface area contributed by atoms with Crippen molar-refractivity contribution in [3.05, 3.63) is 308 Å². The van der Waals surface area contributed by atoms with Gasteiger partial charge in [0.05, 0.1) is 66.6 Å². The molecule has 6 aromatic heterocycles. The van der Waals surface area contributed by atoms with Crippen molar-refractivity contribution >= 4 is 132 Å². The van der Waals surface area contributed by atoms with Gasteiger partial charge in [-0.25, -0.2) is 19.9 Å². The van der Waals surface area contributed by atoms with Gasteiger partial charge in [-0.05, 0) is 96.4 Å². The molecule has 0 bridgehead atoms. The highest BCUT2D eigenvalue weighted by Gasteiger charge is 2.32. The third-order valence-electron chi connectivity index (χ3n) is 19.5. The Morgan fingerprint density at radius 2 is 0.641 bits per heavy atom. The van der Waals surface area contributed by atoms with E-state index in [0.717, 1.165) is 128 Å². The molecule has 20 rings (SSSR count). The number of rotatable bonds is 7. The summed E-state index contributed by atoms with van der Waals surface area (Å²) in [7, 11) is 0. The highest BCUT2D eigenvalue weighted by Crippen LogP contribution is 2.45. The number of para-hydroxylation sites is 6. The fourth-order valence-electron chi connectivity index (χ4n) is 15.6. The Labute approximate surface area is 527 Å². The van der Waals surface area contributed by atoms with E-state index in [9.17, 15) is 0 Å². The van der Waals surface area contributed by atoms with E-state index in [0.29, 0.717) is 11.9 Å². The molecule has 19 aromatic rings. The molecule has 0 aliphatic carbocycles. The molecule has 0 N–H and O–H groups in total. The molecule has 13 aromatic carbocycles. The zero-order valence-electron chi connectivity index (χ0n) is 49.7. The molecule has 0 atom stereocenters. The zero-order valence-corrected chi connectivity index (χ0v) is 49.7. The molecule has 0 spiro atoms. The van der Waals surface area contributed by atoms with Crippen LogP contribution in [0.3, 0.4) is 0 Å². The molecule has 0 fully saturated rings. The molecule has 0 amide bonds. The molecule has 9 heteroatoms. The lowest BCUT2D eigenvalue weighted by molar-refractivity contribution is 1.01. The van der Waals surface area contributed by atoms with E-state index in [-0.39, 0.29) is 6.71 Å². The van der Waals surface area contributed by atoms with Crippen molar-refractivity contribution < 1.29 is 0 Å². The monoisotopic (exact) mass is 1170 g/mol. The molecule has 8 nitrogen and oxygen atoms in total. The number of fused-ring (bicyclic) bond motifs is 17. The normalized spacial score (nSPS) is 12.5. The lowest BCUT2D eigenvalue weighted by Crippen LogP contribution is -2.57. The van der Waals surface area contributed by atoms with Gasteiger partial charge in [-0.2, -0.15) is 0 Å². The van der Waals surface area contributed by atoms with Gasteiger partial charge in [-0.1, -0.05) is 235 Å². The van der Waals surface area contributed by atoms with Gasteiger partial charge in [-0.15, -0.1) is 0 Å². The minimum absolute atomic E-state index is 0.0541. The molecule has 1 aliphatic heterocycles. The third kappa shape index (κ3) is 7.41. The van der Waals surface area contributed by atoms with Gasteiger partial charge in [0.25, 0.3) is 0 Å². The second-order valence-corrected chi connectivity index (χ2v) is 24.5. The first-order chi connectivity index (χ1) is 45.6. The molecule has 0 radical (unpaired) electrons. The summed E-state index contributed by atoms with van der Waals surface area (Å²) in [6.07, 6.45) is 0.883. The average molecular weight is 1170 g/mol. The fourth-order valence-corrected chi connectivity index (χ4v) is 15.6. The van der Waals surface area contributed by atoms with Crippen LogP contribution < -0.4 is 16.4 Å². The van der Waals surface area contributed by atoms with Crippen molar-refractivity contribution in [2.24, 2.45) is 0 Å². The van der Waals surface area contributed by atoms with Crippen molar-refractivity contribution in [1.82, 2.24) is 38.2 Å². The first-order valence-corrected chi connectivity index (χ1v) is 31.5. The average Bonchev–Trinajstić information content (AvgIpc) is 1.55. The van der Waals surface area contributed by atoms with Crippen molar-refractivity contribution in [3.8, 4) is 45.8 Å². The molecule has 0 unspecified atom stereocenters. The third-order valence-corrected chi connectivity index (χ3v) is 19.5. The summed E-state index contributed by atoms with van der Waals surface area (Å²) in [5.74, 6) is 1.26. The van der Waals surface area contributed by atoms with Gasteiger partial charge in [-0.3, -0.25) is 9.13 Å². The van der Waals surface area contributed by atoms with Crippen LogP contribution in [0, 0.1) is 0 Å². The Kier molecular flexibility index (Phi) is 10.8. The summed E-state index contributed by atoms with van der Waals surface area (Å²) in [6, 6.07) is 108. The fraction of sp³-hybridized carbons (Fsp3) is 0.0120. The Bertz CT molecular complexity index is 6270. The van der Waals surface area contributed by atoms with Gasteiger partial charge >= 0.3 is 0 Å². The first-order valence-electron chi connectivity index (χ1n) is 31.5. The van der Waals surface area contributed by atoms with Gasteiger partial charge in [0.2, 0.25) is 18.6 Å². The van der Waals surface area contributed by atoms with E-state index in [2.05, 4.69) is 316 Å². The Morgan fingerprint density at radius 1 is 0.261 bits per heavy atom. The zero-order chi connectivity index (χ0) is 60.1. The van der Waals surface area contributed by atoms with Gasteiger partial charge < -0.3 is 9.13 Å². The number of nitrogens with zero attached hydrogens (tertiary/aromatic N) is 8. The number of hydrogen-bond donors (Lipinski definition) is 0. The quantitative estimate of drug-likeness (QED) is 0.149. The van der Waals surface area contributed by atoms with Crippen LogP contribution in [0.5, 0.6) is 0 Å². The van der Waals surface area contributed by atoms with Crippen molar-refractivity contribution in [2.45, 2.75) is 6.42 Å². The minimum Gasteiger partial charge on any atom is -0.309 e. The summed E-state index contributed by atoms with van der Waals surface area (Å²) in [5.41, 5.74) is 23.0. The van der Waals surface area contributed by atoms with E-state index in [1.165, 1.54) is 49.1 Å². The van der Waals surface area contributed by atoms with Crippen LogP contribution in [0.2, 0.25) is 0 Å². The van der Waals surface area contributed by atoms with Crippen LogP contribution in [-0.2, 0) is 6.42 Å². The molecule has 0 saturated carbocycles. The minimum atomic E-state index is -0.0541. The predicted octanol–water partition coefficient (Wildman–Crippen LogP) is 17.7. The molecule has 92 heavy (non-hydrogen) atoms. The predicted molar refractivity (Wildman–Crippen MR) is 381 cm³/mol. The number of benzene rings is 13. The van der Waals surface area contributed by atoms with E-state index < -0.39 is 0 Å². The summed E-state index contributed by atoms with van der Waals surface area (Å²) in [5, 5.41) is 11.3. The largest absolute Gasteiger partial charge is 0.309 e. The molecule has 426 valence electrons. The number of hydrogen-bond acceptors (Lipinski definition) is 4. The van der Waals surface area contributed by atoms with Crippen molar-refractivity contribution in [3.63, 3.8) is 0 Å². The second-order valence-electron chi connectivity index (χ2n) is 24.5. The van der Waals surface area contributed by atoms with Gasteiger partial charge in [0.1, 0.15) is 0 Å². The van der Waals surface area contributed by atoms with E-state index in [4.69, 9.17) is 19.9 Å². The Hall–Kier alpha value is -12.2. The molecule has 0 saturated heterocycles. The summed E-state index contributed by atoms with van der Waals surface area (Å²) >= 11 is 0. The van der Waals surface area contributed by atoms with E-state index in [1.54, 1.807) is 0 Å². The van der Waals surface area contributed by atoms with Crippen LogP contribution in [0.25, 0.3) is 155 Å². The summed E-state index contributed by atoms with van der Waals surface area (Å²) in [6.45, 7) is -0.0541. The second kappa shape index (κ2) is 19.7. The first kappa shape index (κ1) is 50.8. The molecule has 1 aliphatic rings. The maximum atomic E-state index is 5.52. The van der Waals surface area contributed by atoms with E-state index >= 15 is 0 Å². The SMILES string of the molecule is c1ccc(-c2nc(-n3c4ccccc4c4cc5c6ccccc6n(-c6cc(B7c8ccccc8Cc8ccccc87)cc(-n7c8ccccc8c8c9c%10ccccc%10n(-c%10nc(-c%11ccccc%11)c%11ccccc%11n%10)c9ccc87)c6)c5cc43)nc3ccccc23)cc1. The van der Waals surface area contributed by atoms with Crippen LogP contribution in [0.4, 0.5) is 0 Å². The smallest absolute Gasteiger partial charge is 0.242 e. The maximum Gasteiger partial charge on any atom is 0.242 e. The van der Waals surface area contributed by atoms with Crippen molar-refractivity contribution in [1.29, 1.82) is 0 Å². The number of aromatic nitrogens is 8. The van der Waals surface area contributed by atoms with Crippen LogP contribution in [-0.4, -0.2) is 44.9 Å². The van der Waals surface area contributed by atoms with Crippen molar-refractivity contribution in [2.75, 3.05) is 0 Å². The van der Waals surface area contributed by atoms with Gasteiger partial charge in [0.15, 0.2) is 0 Å².